The van der Waals surface area contributed by atoms with Gasteiger partial charge in [-0.15, -0.1) is 11.3 Å². The van der Waals surface area contributed by atoms with Crippen molar-refractivity contribution in [2.75, 3.05) is 0 Å². The van der Waals surface area contributed by atoms with Crippen LogP contribution in [0.25, 0.3) is 0 Å². The van der Waals surface area contributed by atoms with E-state index in [4.69, 9.17) is 4.98 Å². The molecule has 1 aromatic rings. The first-order valence-corrected chi connectivity index (χ1v) is 9.41. The molecule has 1 aliphatic rings. The maximum atomic E-state index is 5.08. The van der Waals surface area contributed by atoms with Crippen LogP contribution in [0, 0.1) is 5.92 Å². The monoisotopic (exact) mass is 308 g/mol. The molecule has 0 amide bonds. The fourth-order valence-electron chi connectivity index (χ4n) is 3.67. The summed E-state index contributed by atoms with van der Waals surface area (Å²) in [4.78, 5) is 5.08. The quantitative estimate of drug-likeness (QED) is 0.823. The molecule has 21 heavy (non-hydrogen) atoms. The molecule has 0 saturated heterocycles. The van der Waals surface area contributed by atoms with Crippen molar-refractivity contribution in [3.05, 3.63) is 16.1 Å². The molecule has 1 heterocycles. The number of thiazole rings is 1. The van der Waals surface area contributed by atoms with Gasteiger partial charge in [0.05, 0.1) is 11.2 Å². The van der Waals surface area contributed by atoms with Crippen LogP contribution in [-0.4, -0.2) is 11.0 Å². The largest absolute Gasteiger partial charge is 0.303 e. The predicted molar refractivity (Wildman–Crippen MR) is 93.0 cm³/mol. The van der Waals surface area contributed by atoms with Crippen LogP contribution in [0.3, 0.4) is 0 Å². The average Bonchev–Trinajstić information content (AvgIpc) is 2.88. The third kappa shape index (κ3) is 3.50. The van der Waals surface area contributed by atoms with E-state index in [-0.39, 0.29) is 11.0 Å². The third-order valence-electron chi connectivity index (χ3n) is 4.76. The molecule has 1 saturated carbocycles. The molecule has 0 aliphatic heterocycles. The second-order valence-corrected chi connectivity index (χ2v) is 8.77. The molecule has 2 atom stereocenters. The molecule has 0 spiro atoms. The topological polar surface area (TPSA) is 24.9 Å². The van der Waals surface area contributed by atoms with E-state index in [1.54, 1.807) is 0 Å². The Morgan fingerprint density at radius 2 is 2.10 bits per heavy atom. The first-order chi connectivity index (χ1) is 9.79. The van der Waals surface area contributed by atoms with Crippen molar-refractivity contribution in [3.63, 3.8) is 0 Å². The van der Waals surface area contributed by atoms with Gasteiger partial charge in [0.15, 0.2) is 0 Å². The second-order valence-electron chi connectivity index (χ2n) is 7.91. The molecule has 3 heteroatoms. The minimum absolute atomic E-state index is 0.106. The van der Waals surface area contributed by atoms with E-state index >= 15 is 0 Å². The summed E-state index contributed by atoms with van der Waals surface area (Å²) >= 11 is 1.87. The lowest BCUT2D eigenvalue weighted by Gasteiger charge is -2.45. The summed E-state index contributed by atoms with van der Waals surface area (Å²) in [5, 5.41) is 7.53. The van der Waals surface area contributed by atoms with Gasteiger partial charge in [-0.2, -0.15) is 0 Å². The van der Waals surface area contributed by atoms with Crippen LogP contribution in [0.15, 0.2) is 5.38 Å². The smallest absolute Gasteiger partial charge is 0.113 e. The van der Waals surface area contributed by atoms with Crippen LogP contribution >= 0.6 is 11.3 Å². The molecule has 1 fully saturated rings. The van der Waals surface area contributed by atoms with Gasteiger partial charge < -0.3 is 5.32 Å². The molecular formula is C18H32N2S. The Labute approximate surface area is 134 Å². The zero-order valence-electron chi connectivity index (χ0n) is 14.6. The van der Waals surface area contributed by atoms with Gasteiger partial charge in [0.1, 0.15) is 5.01 Å². The highest BCUT2D eigenvalue weighted by atomic mass is 32.1. The van der Waals surface area contributed by atoms with Crippen molar-refractivity contribution in [1.82, 2.24) is 10.3 Å². The van der Waals surface area contributed by atoms with E-state index in [0.29, 0.717) is 12.0 Å². The van der Waals surface area contributed by atoms with E-state index in [1.165, 1.54) is 42.8 Å². The summed E-state index contributed by atoms with van der Waals surface area (Å²) < 4.78 is 0. The molecule has 2 unspecified atom stereocenters. The molecule has 0 radical (unpaired) electrons. The molecule has 1 aromatic heterocycles. The van der Waals surface area contributed by atoms with Gasteiger partial charge in [0, 0.05) is 16.8 Å². The summed E-state index contributed by atoms with van der Waals surface area (Å²) in [6, 6.07) is 0.499. The van der Waals surface area contributed by atoms with Crippen molar-refractivity contribution < 1.29 is 0 Å². The predicted octanol–water partition coefficient (Wildman–Crippen LogP) is 5.23. The summed E-state index contributed by atoms with van der Waals surface area (Å²) in [6.45, 7) is 13.6. The summed E-state index contributed by atoms with van der Waals surface area (Å²) in [7, 11) is 0. The van der Waals surface area contributed by atoms with Crippen LogP contribution in [0.5, 0.6) is 0 Å². The van der Waals surface area contributed by atoms with Crippen molar-refractivity contribution in [2.24, 2.45) is 5.92 Å². The third-order valence-corrected chi connectivity index (χ3v) is 5.78. The van der Waals surface area contributed by atoms with Crippen molar-refractivity contribution in [3.8, 4) is 0 Å². The Morgan fingerprint density at radius 1 is 1.38 bits per heavy atom. The van der Waals surface area contributed by atoms with Gasteiger partial charge in [-0.25, -0.2) is 4.98 Å². The number of rotatable bonds is 4. The average molecular weight is 309 g/mol. The van der Waals surface area contributed by atoms with Crippen LogP contribution in [0.4, 0.5) is 0 Å². The minimum Gasteiger partial charge on any atom is -0.303 e. The standard InChI is InChI=1S/C18H32N2S/c1-7-14-10-8-9-11-18(14,20-13(2)3)16-19-15(12-21-16)17(4,5)6/h12-14,20H,7-11H2,1-6H3. The Bertz CT molecular complexity index is 458. The summed E-state index contributed by atoms with van der Waals surface area (Å²) in [5.41, 5.74) is 1.49. The molecule has 1 aliphatic carbocycles. The van der Waals surface area contributed by atoms with E-state index < -0.39 is 0 Å². The lowest BCUT2D eigenvalue weighted by atomic mass is 9.71. The fraction of sp³-hybridized carbons (Fsp3) is 0.833. The highest BCUT2D eigenvalue weighted by molar-refractivity contribution is 7.09. The van der Waals surface area contributed by atoms with E-state index in [1.807, 2.05) is 11.3 Å². The van der Waals surface area contributed by atoms with Gasteiger partial charge in [-0.1, -0.05) is 47.0 Å². The van der Waals surface area contributed by atoms with Crippen LogP contribution in [-0.2, 0) is 11.0 Å². The van der Waals surface area contributed by atoms with Gasteiger partial charge in [-0.05, 0) is 32.6 Å². The maximum Gasteiger partial charge on any atom is 0.113 e. The molecule has 120 valence electrons. The Hall–Kier alpha value is -0.410. The highest BCUT2D eigenvalue weighted by Gasteiger charge is 2.44. The van der Waals surface area contributed by atoms with Gasteiger partial charge in [-0.3, -0.25) is 0 Å². The molecule has 1 N–H and O–H groups in total. The fourth-order valence-corrected chi connectivity index (χ4v) is 4.99. The second kappa shape index (κ2) is 6.37. The highest BCUT2D eigenvalue weighted by Crippen LogP contribution is 2.45. The lowest BCUT2D eigenvalue weighted by Crippen LogP contribution is -2.52. The SMILES string of the molecule is CCC1CCCCC1(NC(C)C)c1nc(C(C)(C)C)cs1. The molecule has 0 bridgehead atoms. The normalized spacial score (nSPS) is 27.3. The maximum absolute atomic E-state index is 5.08. The summed E-state index contributed by atoms with van der Waals surface area (Å²) in [5.74, 6) is 0.715. The number of hydrogen-bond acceptors (Lipinski definition) is 3. The van der Waals surface area contributed by atoms with Gasteiger partial charge in [0.2, 0.25) is 0 Å². The van der Waals surface area contributed by atoms with Crippen molar-refractivity contribution in [1.29, 1.82) is 0 Å². The minimum atomic E-state index is 0.106. The van der Waals surface area contributed by atoms with Crippen molar-refractivity contribution in [2.45, 2.75) is 90.6 Å². The first kappa shape index (κ1) is 17.0. The number of nitrogens with zero attached hydrogens (tertiary/aromatic N) is 1. The van der Waals surface area contributed by atoms with Gasteiger partial charge >= 0.3 is 0 Å². The molecule has 0 aromatic carbocycles. The first-order valence-electron chi connectivity index (χ1n) is 8.53. The Morgan fingerprint density at radius 3 is 2.62 bits per heavy atom. The van der Waals surface area contributed by atoms with Crippen molar-refractivity contribution >= 4 is 11.3 Å². The van der Waals surface area contributed by atoms with Crippen LogP contribution in [0.2, 0.25) is 0 Å². The Kier molecular flexibility index (Phi) is 5.15. The Balaban J connectivity index is 2.41. The molecule has 2 nitrogen and oxygen atoms in total. The number of aromatic nitrogens is 1. The van der Waals surface area contributed by atoms with E-state index in [0.717, 1.165) is 0 Å². The number of hydrogen-bond donors (Lipinski definition) is 1. The lowest BCUT2D eigenvalue weighted by molar-refractivity contribution is 0.124. The van der Waals surface area contributed by atoms with E-state index in [9.17, 15) is 0 Å². The zero-order chi connectivity index (χ0) is 15.7. The van der Waals surface area contributed by atoms with Crippen LogP contribution in [0.1, 0.15) is 84.3 Å². The van der Waals surface area contributed by atoms with E-state index in [2.05, 4.69) is 52.2 Å². The van der Waals surface area contributed by atoms with Crippen LogP contribution < -0.4 is 5.32 Å². The number of nitrogens with one attached hydrogen (secondary N) is 1. The molecular weight excluding hydrogens is 276 g/mol. The zero-order valence-corrected chi connectivity index (χ0v) is 15.4. The molecule has 2 rings (SSSR count). The summed E-state index contributed by atoms with van der Waals surface area (Å²) in [6.07, 6.45) is 6.50. The van der Waals surface area contributed by atoms with Gasteiger partial charge in [0.25, 0.3) is 0 Å².